The van der Waals surface area contributed by atoms with Crippen LogP contribution in [0, 0.1) is 0 Å². The lowest BCUT2D eigenvalue weighted by molar-refractivity contribution is -0.129. The number of carbonyl (C=O) groups excluding carboxylic acids is 1. The summed E-state index contributed by atoms with van der Waals surface area (Å²) in [7, 11) is 0. The zero-order chi connectivity index (χ0) is 15.4. The lowest BCUT2D eigenvalue weighted by Gasteiger charge is -2.22. The van der Waals surface area contributed by atoms with Crippen LogP contribution < -0.4 is 0 Å². The Morgan fingerprint density at radius 2 is 1.86 bits per heavy atom. The van der Waals surface area contributed by atoms with Crippen LogP contribution in [0.5, 0.6) is 0 Å². The molecular weight excluding hydrogens is 360 g/mol. The van der Waals surface area contributed by atoms with Crippen molar-refractivity contribution in [3.05, 3.63) is 58.8 Å². The van der Waals surface area contributed by atoms with E-state index in [9.17, 15) is 4.79 Å². The van der Waals surface area contributed by atoms with Crippen LogP contribution in [0.3, 0.4) is 0 Å². The Labute approximate surface area is 143 Å². The average molecular weight is 377 g/mol. The summed E-state index contributed by atoms with van der Waals surface area (Å²) in [5.74, 6) is 0.704. The molecule has 5 heteroatoms. The molecule has 0 radical (unpaired) electrons. The number of halogens is 1. The molecule has 1 aliphatic rings. The minimum absolute atomic E-state index is 0.215. The van der Waals surface area contributed by atoms with Crippen LogP contribution in [0.4, 0.5) is 0 Å². The predicted octanol–water partition coefficient (Wildman–Crippen LogP) is 4.13. The summed E-state index contributed by atoms with van der Waals surface area (Å²) >= 11 is 5.02. The van der Waals surface area contributed by atoms with Crippen LogP contribution in [0.2, 0.25) is 0 Å². The summed E-state index contributed by atoms with van der Waals surface area (Å²) in [5.41, 5.74) is 1.14. The predicted molar refractivity (Wildman–Crippen MR) is 92.7 cm³/mol. The summed E-state index contributed by atoms with van der Waals surface area (Å²) < 4.78 is 1.06. The molecule has 1 aromatic heterocycles. The maximum absolute atomic E-state index is 12.5. The quantitative estimate of drug-likeness (QED) is 0.710. The van der Waals surface area contributed by atoms with Crippen molar-refractivity contribution in [3.8, 4) is 0 Å². The summed E-state index contributed by atoms with van der Waals surface area (Å²) in [5, 5.41) is 0. The van der Waals surface area contributed by atoms with Gasteiger partial charge in [0.25, 0.3) is 0 Å². The second-order valence-electron chi connectivity index (χ2n) is 5.35. The Bertz CT molecular complexity index is 629. The van der Waals surface area contributed by atoms with E-state index in [1.807, 2.05) is 41.3 Å². The Kier molecular flexibility index (Phi) is 5.16. The number of hydrogen-bond acceptors (Lipinski definition) is 3. The zero-order valence-corrected chi connectivity index (χ0v) is 14.5. The van der Waals surface area contributed by atoms with Gasteiger partial charge in [0.05, 0.1) is 5.75 Å². The van der Waals surface area contributed by atoms with Gasteiger partial charge in [0, 0.05) is 34.3 Å². The summed E-state index contributed by atoms with van der Waals surface area (Å²) in [6.07, 6.45) is 5.81. The molecule has 0 saturated heterocycles. The Morgan fingerprint density at radius 1 is 1.18 bits per heavy atom. The molecule has 0 unspecified atom stereocenters. The van der Waals surface area contributed by atoms with E-state index in [1.54, 1.807) is 24.2 Å². The second-order valence-corrected chi connectivity index (χ2v) is 7.32. The van der Waals surface area contributed by atoms with E-state index >= 15 is 0 Å². The van der Waals surface area contributed by atoms with Crippen molar-refractivity contribution in [2.45, 2.75) is 30.3 Å². The third kappa shape index (κ3) is 4.34. The number of benzene rings is 1. The number of nitrogens with zero attached hydrogens (tertiary/aromatic N) is 2. The maximum Gasteiger partial charge on any atom is 0.233 e. The highest BCUT2D eigenvalue weighted by molar-refractivity contribution is 9.10. The molecule has 3 rings (SSSR count). The van der Waals surface area contributed by atoms with Gasteiger partial charge in [-0.15, -0.1) is 11.8 Å². The van der Waals surface area contributed by atoms with Gasteiger partial charge in [-0.25, -0.2) is 0 Å². The third-order valence-electron chi connectivity index (χ3n) is 3.59. The normalized spacial score (nSPS) is 13.9. The summed E-state index contributed by atoms with van der Waals surface area (Å²) in [4.78, 5) is 19.7. The molecule has 3 nitrogen and oxygen atoms in total. The van der Waals surface area contributed by atoms with Crippen molar-refractivity contribution in [3.63, 3.8) is 0 Å². The van der Waals surface area contributed by atoms with Crippen molar-refractivity contribution in [2.24, 2.45) is 0 Å². The van der Waals surface area contributed by atoms with E-state index in [4.69, 9.17) is 0 Å². The number of carbonyl (C=O) groups is 1. The molecule has 0 aliphatic heterocycles. The molecule has 2 aromatic rings. The molecule has 114 valence electrons. The molecular formula is C17H17BrN2OS. The van der Waals surface area contributed by atoms with Gasteiger partial charge < -0.3 is 4.90 Å². The van der Waals surface area contributed by atoms with E-state index < -0.39 is 0 Å². The fraction of sp³-hybridized carbons (Fsp3) is 0.294. The maximum atomic E-state index is 12.5. The first-order valence-electron chi connectivity index (χ1n) is 7.29. The van der Waals surface area contributed by atoms with Gasteiger partial charge >= 0.3 is 0 Å². The van der Waals surface area contributed by atoms with Crippen LogP contribution in [-0.2, 0) is 11.3 Å². The molecule has 1 aliphatic carbocycles. The number of rotatable bonds is 6. The highest BCUT2D eigenvalue weighted by atomic mass is 79.9. The van der Waals surface area contributed by atoms with Crippen molar-refractivity contribution in [1.29, 1.82) is 0 Å². The van der Waals surface area contributed by atoms with Crippen LogP contribution in [0.15, 0.2) is 58.2 Å². The van der Waals surface area contributed by atoms with Crippen LogP contribution in [-0.4, -0.2) is 27.6 Å². The smallest absolute Gasteiger partial charge is 0.233 e. The topological polar surface area (TPSA) is 33.2 Å². The molecule has 1 amide bonds. The highest BCUT2D eigenvalue weighted by Crippen LogP contribution is 2.30. The van der Waals surface area contributed by atoms with Crippen molar-refractivity contribution in [1.82, 2.24) is 9.88 Å². The minimum Gasteiger partial charge on any atom is -0.335 e. The van der Waals surface area contributed by atoms with E-state index in [-0.39, 0.29) is 5.91 Å². The summed E-state index contributed by atoms with van der Waals surface area (Å²) in [6, 6.07) is 12.4. The minimum atomic E-state index is 0.215. The molecule has 0 spiro atoms. The lowest BCUT2D eigenvalue weighted by Crippen LogP contribution is -2.33. The molecule has 22 heavy (non-hydrogen) atoms. The number of thioether (sulfide) groups is 1. The standard InChI is InChI=1S/C17H17BrN2OS/c18-14-1-5-16(6-2-14)22-12-17(21)20(15-3-4-15)11-13-7-9-19-10-8-13/h1-2,5-10,15H,3-4,11-12H2. The molecule has 1 heterocycles. The van der Waals surface area contributed by atoms with Crippen molar-refractivity contribution in [2.75, 3.05) is 5.75 Å². The van der Waals surface area contributed by atoms with E-state index in [1.165, 1.54) is 0 Å². The first-order valence-corrected chi connectivity index (χ1v) is 9.07. The zero-order valence-electron chi connectivity index (χ0n) is 12.1. The van der Waals surface area contributed by atoms with Crippen LogP contribution >= 0.6 is 27.7 Å². The van der Waals surface area contributed by atoms with Gasteiger partial charge in [0.15, 0.2) is 0 Å². The monoisotopic (exact) mass is 376 g/mol. The highest BCUT2D eigenvalue weighted by Gasteiger charge is 2.32. The fourth-order valence-electron chi connectivity index (χ4n) is 2.25. The van der Waals surface area contributed by atoms with Crippen molar-refractivity contribution >= 4 is 33.6 Å². The molecule has 0 N–H and O–H groups in total. The molecule has 1 fully saturated rings. The number of hydrogen-bond donors (Lipinski definition) is 0. The molecule has 0 atom stereocenters. The van der Waals surface area contributed by atoms with E-state index in [2.05, 4.69) is 20.9 Å². The Balaban J connectivity index is 1.59. The van der Waals surface area contributed by atoms with Gasteiger partial charge in [-0.05, 0) is 54.8 Å². The fourth-order valence-corrected chi connectivity index (χ4v) is 3.30. The van der Waals surface area contributed by atoms with Crippen LogP contribution in [0.25, 0.3) is 0 Å². The number of pyridine rings is 1. The van der Waals surface area contributed by atoms with E-state index in [0.717, 1.165) is 27.8 Å². The first kappa shape index (κ1) is 15.6. The van der Waals surface area contributed by atoms with Gasteiger partial charge in [0.1, 0.15) is 0 Å². The first-order chi connectivity index (χ1) is 10.7. The van der Waals surface area contributed by atoms with Crippen LogP contribution in [0.1, 0.15) is 18.4 Å². The van der Waals surface area contributed by atoms with Gasteiger partial charge in [-0.2, -0.15) is 0 Å². The largest absolute Gasteiger partial charge is 0.335 e. The molecule has 1 saturated carbocycles. The van der Waals surface area contributed by atoms with Gasteiger partial charge in [0.2, 0.25) is 5.91 Å². The molecule has 0 bridgehead atoms. The van der Waals surface area contributed by atoms with E-state index in [0.29, 0.717) is 18.3 Å². The van der Waals surface area contributed by atoms with Crippen molar-refractivity contribution < 1.29 is 4.79 Å². The third-order valence-corrected chi connectivity index (χ3v) is 5.11. The Hall–Kier alpha value is -1.33. The number of amides is 1. The second kappa shape index (κ2) is 7.29. The average Bonchev–Trinajstić information content (AvgIpc) is 3.37. The Morgan fingerprint density at radius 3 is 2.50 bits per heavy atom. The van der Waals surface area contributed by atoms with Gasteiger partial charge in [-0.1, -0.05) is 15.9 Å². The lowest BCUT2D eigenvalue weighted by atomic mass is 10.2. The van der Waals surface area contributed by atoms with Gasteiger partial charge in [-0.3, -0.25) is 9.78 Å². The molecule has 1 aromatic carbocycles. The summed E-state index contributed by atoms with van der Waals surface area (Å²) in [6.45, 7) is 0.687. The number of aromatic nitrogens is 1. The SMILES string of the molecule is O=C(CSc1ccc(Br)cc1)N(Cc1ccncc1)C1CC1.